The molecule has 21 heavy (non-hydrogen) atoms. The minimum atomic E-state index is -0.240. The van der Waals surface area contributed by atoms with Crippen LogP contribution in [0.25, 0.3) is 5.69 Å². The van der Waals surface area contributed by atoms with E-state index in [1.807, 2.05) is 55.7 Å². The Balaban J connectivity index is 2.17. The number of aromatic nitrogens is 3. The molecule has 2 rings (SSSR count). The van der Waals surface area contributed by atoms with Crippen molar-refractivity contribution >= 4 is 17.7 Å². The van der Waals surface area contributed by atoms with Gasteiger partial charge in [-0.2, -0.15) is 0 Å². The largest absolute Gasteiger partial charge is 0.462 e. The number of hydrogen-bond donors (Lipinski definition) is 0. The number of carbonyl (C=O) groups is 1. The monoisotopic (exact) mass is 305 g/mol. The lowest BCUT2D eigenvalue weighted by Gasteiger charge is -2.10. The molecule has 1 aromatic carbocycles. The number of esters is 1. The average molecular weight is 305 g/mol. The Bertz CT molecular complexity index is 596. The van der Waals surface area contributed by atoms with Crippen LogP contribution in [0.15, 0.2) is 35.5 Å². The quantitative estimate of drug-likeness (QED) is 0.607. The number of carbonyl (C=O) groups excluding carboxylic acids is 1. The highest BCUT2D eigenvalue weighted by Gasteiger charge is 2.15. The SMILES string of the molecule is CCc1nnc(SCC(=O)OC(C)C)n1-c1ccccc1. The molecule has 0 fully saturated rings. The van der Waals surface area contributed by atoms with Crippen molar-refractivity contribution in [3.05, 3.63) is 36.2 Å². The van der Waals surface area contributed by atoms with Gasteiger partial charge in [0.25, 0.3) is 0 Å². The molecular weight excluding hydrogens is 286 g/mol. The zero-order chi connectivity index (χ0) is 15.2. The number of nitrogens with zero attached hydrogens (tertiary/aromatic N) is 3. The van der Waals surface area contributed by atoms with Crippen LogP contribution in [0.1, 0.15) is 26.6 Å². The Morgan fingerprint density at radius 3 is 2.62 bits per heavy atom. The third-order valence-corrected chi connectivity index (χ3v) is 3.62. The molecule has 5 nitrogen and oxygen atoms in total. The smallest absolute Gasteiger partial charge is 0.316 e. The standard InChI is InChI=1S/C15H19N3O2S/c1-4-13-16-17-15(21-10-14(19)20-11(2)3)18(13)12-8-6-5-7-9-12/h5-9,11H,4,10H2,1-3H3. The molecule has 2 aromatic rings. The van der Waals surface area contributed by atoms with Gasteiger partial charge >= 0.3 is 5.97 Å². The molecule has 0 saturated heterocycles. The topological polar surface area (TPSA) is 57.0 Å². The van der Waals surface area contributed by atoms with Crippen molar-refractivity contribution in [2.45, 2.75) is 38.5 Å². The van der Waals surface area contributed by atoms with Gasteiger partial charge in [-0.15, -0.1) is 10.2 Å². The summed E-state index contributed by atoms with van der Waals surface area (Å²) < 4.78 is 7.11. The molecule has 0 amide bonds. The van der Waals surface area contributed by atoms with Gasteiger partial charge in [0, 0.05) is 12.1 Å². The Morgan fingerprint density at radius 1 is 1.29 bits per heavy atom. The zero-order valence-corrected chi connectivity index (χ0v) is 13.3. The van der Waals surface area contributed by atoms with Gasteiger partial charge in [-0.1, -0.05) is 36.9 Å². The number of aryl methyl sites for hydroxylation is 1. The van der Waals surface area contributed by atoms with Crippen LogP contribution >= 0.6 is 11.8 Å². The average Bonchev–Trinajstić information content (AvgIpc) is 2.88. The Labute approximate surface area is 128 Å². The van der Waals surface area contributed by atoms with Crippen molar-refractivity contribution in [1.82, 2.24) is 14.8 Å². The van der Waals surface area contributed by atoms with Crippen molar-refractivity contribution < 1.29 is 9.53 Å². The Kier molecular flexibility index (Phi) is 5.38. The van der Waals surface area contributed by atoms with Crippen molar-refractivity contribution in [3.63, 3.8) is 0 Å². The van der Waals surface area contributed by atoms with Crippen LogP contribution in [0.5, 0.6) is 0 Å². The van der Waals surface area contributed by atoms with E-state index in [-0.39, 0.29) is 17.8 Å². The summed E-state index contributed by atoms with van der Waals surface area (Å²) in [4.78, 5) is 11.7. The van der Waals surface area contributed by atoms with Crippen LogP contribution in [0.4, 0.5) is 0 Å². The number of rotatable bonds is 6. The van der Waals surface area contributed by atoms with E-state index in [0.717, 1.165) is 17.9 Å². The highest BCUT2D eigenvalue weighted by Crippen LogP contribution is 2.22. The van der Waals surface area contributed by atoms with Crippen LogP contribution in [-0.4, -0.2) is 32.6 Å². The molecule has 0 radical (unpaired) electrons. The predicted molar refractivity (Wildman–Crippen MR) is 82.7 cm³/mol. The first-order valence-corrected chi connectivity index (χ1v) is 7.92. The van der Waals surface area contributed by atoms with Crippen LogP contribution in [0, 0.1) is 0 Å². The van der Waals surface area contributed by atoms with Crippen LogP contribution in [0.3, 0.4) is 0 Å². The van der Waals surface area contributed by atoms with Gasteiger partial charge in [0.2, 0.25) is 0 Å². The first kappa shape index (κ1) is 15.6. The van der Waals surface area contributed by atoms with Crippen molar-refractivity contribution in [2.75, 3.05) is 5.75 Å². The molecule has 0 spiro atoms. The highest BCUT2D eigenvalue weighted by atomic mass is 32.2. The summed E-state index contributed by atoms with van der Waals surface area (Å²) in [6, 6.07) is 9.90. The summed E-state index contributed by atoms with van der Waals surface area (Å²) in [7, 11) is 0. The summed E-state index contributed by atoms with van der Waals surface area (Å²) in [5.74, 6) is 0.865. The minimum Gasteiger partial charge on any atom is -0.462 e. The third-order valence-electron chi connectivity index (χ3n) is 2.72. The second kappa shape index (κ2) is 7.26. The van der Waals surface area contributed by atoms with Gasteiger partial charge in [-0.05, 0) is 26.0 Å². The number of benzene rings is 1. The minimum absolute atomic E-state index is 0.101. The fraction of sp³-hybridized carbons (Fsp3) is 0.400. The summed E-state index contributed by atoms with van der Waals surface area (Å²) in [5.41, 5.74) is 0.999. The first-order chi connectivity index (χ1) is 10.1. The lowest BCUT2D eigenvalue weighted by molar-refractivity contribution is -0.144. The molecule has 0 aliphatic rings. The molecule has 1 aromatic heterocycles. The van der Waals surface area contributed by atoms with Gasteiger partial charge in [-0.25, -0.2) is 0 Å². The van der Waals surface area contributed by atoms with Gasteiger partial charge in [0.05, 0.1) is 11.9 Å². The van der Waals surface area contributed by atoms with Crippen molar-refractivity contribution in [3.8, 4) is 5.69 Å². The normalized spacial score (nSPS) is 10.9. The maximum Gasteiger partial charge on any atom is 0.316 e. The van der Waals surface area contributed by atoms with Crippen LogP contribution < -0.4 is 0 Å². The van der Waals surface area contributed by atoms with E-state index >= 15 is 0 Å². The van der Waals surface area contributed by atoms with E-state index in [0.29, 0.717) is 5.16 Å². The number of ether oxygens (including phenoxy) is 1. The molecule has 112 valence electrons. The second-order valence-corrected chi connectivity index (χ2v) is 5.69. The number of thioether (sulfide) groups is 1. The lowest BCUT2D eigenvalue weighted by atomic mass is 10.3. The Morgan fingerprint density at radius 2 is 2.00 bits per heavy atom. The molecule has 1 heterocycles. The zero-order valence-electron chi connectivity index (χ0n) is 12.4. The fourth-order valence-electron chi connectivity index (χ4n) is 1.88. The van der Waals surface area contributed by atoms with E-state index in [9.17, 15) is 4.79 Å². The van der Waals surface area contributed by atoms with Crippen molar-refractivity contribution in [2.24, 2.45) is 0 Å². The van der Waals surface area contributed by atoms with Crippen molar-refractivity contribution in [1.29, 1.82) is 0 Å². The molecule has 0 atom stereocenters. The lowest BCUT2D eigenvalue weighted by Crippen LogP contribution is -2.13. The maximum atomic E-state index is 11.7. The van der Waals surface area contributed by atoms with E-state index in [1.165, 1.54) is 11.8 Å². The molecule has 0 bridgehead atoms. The van der Waals surface area contributed by atoms with Gasteiger partial charge in [0.1, 0.15) is 5.82 Å². The molecule has 0 unspecified atom stereocenters. The molecule has 0 aliphatic carbocycles. The molecule has 0 saturated carbocycles. The van der Waals surface area contributed by atoms with Crippen LogP contribution in [-0.2, 0) is 16.0 Å². The molecule has 6 heteroatoms. The number of hydrogen-bond acceptors (Lipinski definition) is 5. The molecule has 0 N–H and O–H groups in total. The third kappa shape index (κ3) is 4.07. The molecular formula is C15H19N3O2S. The second-order valence-electron chi connectivity index (χ2n) is 4.75. The summed E-state index contributed by atoms with van der Waals surface area (Å²) in [6.45, 7) is 5.71. The van der Waals surface area contributed by atoms with Gasteiger partial charge < -0.3 is 4.74 Å². The van der Waals surface area contributed by atoms with Gasteiger partial charge in [0.15, 0.2) is 5.16 Å². The number of para-hydroxylation sites is 1. The maximum absolute atomic E-state index is 11.7. The predicted octanol–water partition coefficient (Wildman–Crippen LogP) is 2.87. The summed E-state index contributed by atoms with van der Waals surface area (Å²) >= 11 is 1.34. The summed E-state index contributed by atoms with van der Waals surface area (Å²) in [6.07, 6.45) is 0.676. The highest BCUT2D eigenvalue weighted by molar-refractivity contribution is 7.99. The van der Waals surface area contributed by atoms with E-state index in [1.54, 1.807) is 0 Å². The van der Waals surface area contributed by atoms with Gasteiger partial charge in [-0.3, -0.25) is 9.36 Å². The van der Waals surface area contributed by atoms with E-state index < -0.39 is 0 Å². The summed E-state index contributed by atoms with van der Waals surface area (Å²) in [5, 5.41) is 9.08. The van der Waals surface area contributed by atoms with E-state index in [2.05, 4.69) is 10.2 Å². The first-order valence-electron chi connectivity index (χ1n) is 6.93. The van der Waals surface area contributed by atoms with E-state index in [4.69, 9.17) is 4.74 Å². The fourth-order valence-corrected chi connectivity index (χ4v) is 2.63. The molecule has 0 aliphatic heterocycles. The Hall–Kier alpha value is -1.82. The van der Waals surface area contributed by atoms with Crippen LogP contribution in [0.2, 0.25) is 0 Å².